The molecule has 1 aromatic heterocycles. The number of rotatable bonds is 3. The van der Waals surface area contributed by atoms with Gasteiger partial charge in [0, 0.05) is 29.7 Å². The minimum atomic E-state index is -0.655. The third-order valence-corrected chi connectivity index (χ3v) is 5.19. The van der Waals surface area contributed by atoms with Crippen molar-refractivity contribution < 1.29 is 18.8 Å². The van der Waals surface area contributed by atoms with E-state index in [4.69, 9.17) is 11.6 Å². The molecule has 4 rings (SSSR count). The van der Waals surface area contributed by atoms with Crippen molar-refractivity contribution in [3.05, 3.63) is 53.0 Å². The van der Waals surface area contributed by atoms with Gasteiger partial charge in [-0.05, 0) is 30.2 Å². The number of nitrogens with zero attached hydrogens (tertiary/aromatic N) is 2. The molecule has 6 nitrogen and oxygen atoms in total. The zero-order valence-electron chi connectivity index (χ0n) is 14.6. The highest BCUT2D eigenvalue weighted by Crippen LogP contribution is 2.31. The standard InChI is InChI=1S/C19H15ClFN3O3.ClH/c20-7-11-6-15(22-8-14(11)21)10-1-2-13-12(5-10)9-24(19(13)27)16-3-4-17(25)23-18(16)26;/h1-2,5-6,8,16H,3-4,7,9H2,(H,23,25,26);1H. The van der Waals surface area contributed by atoms with Gasteiger partial charge in [0.15, 0.2) is 0 Å². The number of benzene rings is 1. The molecule has 2 aliphatic heterocycles. The minimum absolute atomic E-state index is 0. The molecule has 0 saturated carbocycles. The number of imide groups is 1. The molecule has 2 aliphatic rings. The normalized spacial score (nSPS) is 18.6. The average Bonchev–Trinajstić information content (AvgIpc) is 2.98. The van der Waals surface area contributed by atoms with Gasteiger partial charge in [0.2, 0.25) is 11.8 Å². The molecule has 1 N–H and O–H groups in total. The number of carbonyl (C=O) groups is 3. The summed E-state index contributed by atoms with van der Waals surface area (Å²) in [6.45, 7) is 0.276. The first kappa shape index (κ1) is 20.2. The van der Waals surface area contributed by atoms with Gasteiger partial charge in [-0.3, -0.25) is 24.7 Å². The number of amides is 3. The molecule has 1 fully saturated rings. The largest absolute Gasteiger partial charge is 0.322 e. The Labute approximate surface area is 171 Å². The molecular formula is C19H16Cl2FN3O3. The van der Waals surface area contributed by atoms with Gasteiger partial charge in [-0.2, -0.15) is 0 Å². The van der Waals surface area contributed by atoms with Gasteiger partial charge in [-0.15, -0.1) is 24.0 Å². The number of pyridine rings is 1. The first-order valence-electron chi connectivity index (χ1n) is 8.46. The number of carbonyl (C=O) groups excluding carboxylic acids is 3. The van der Waals surface area contributed by atoms with Crippen LogP contribution in [0.5, 0.6) is 0 Å². The number of hydrogen-bond donors (Lipinski definition) is 1. The Morgan fingerprint density at radius 3 is 2.75 bits per heavy atom. The van der Waals surface area contributed by atoms with Crippen LogP contribution in [0.2, 0.25) is 0 Å². The van der Waals surface area contributed by atoms with Gasteiger partial charge < -0.3 is 4.90 Å². The maximum absolute atomic E-state index is 13.6. The number of fused-ring (bicyclic) bond motifs is 1. The van der Waals surface area contributed by atoms with Crippen LogP contribution in [-0.2, 0) is 22.0 Å². The maximum Gasteiger partial charge on any atom is 0.255 e. The number of alkyl halides is 1. The Bertz CT molecular complexity index is 983. The summed E-state index contributed by atoms with van der Waals surface area (Å²) >= 11 is 5.75. The van der Waals surface area contributed by atoms with Crippen LogP contribution < -0.4 is 5.32 Å². The molecule has 1 unspecified atom stereocenters. The van der Waals surface area contributed by atoms with Crippen molar-refractivity contribution >= 4 is 41.7 Å². The smallest absolute Gasteiger partial charge is 0.255 e. The number of hydrogen-bond acceptors (Lipinski definition) is 4. The van der Waals surface area contributed by atoms with Crippen LogP contribution in [0.4, 0.5) is 4.39 Å². The highest BCUT2D eigenvalue weighted by atomic mass is 35.5. The number of halogens is 3. The second kappa shape index (κ2) is 7.85. The van der Waals surface area contributed by atoms with E-state index >= 15 is 0 Å². The van der Waals surface area contributed by atoms with E-state index in [1.165, 1.54) is 4.90 Å². The Morgan fingerprint density at radius 2 is 2.04 bits per heavy atom. The SMILES string of the molecule is Cl.O=C1CCC(N2Cc3cc(-c4cc(CCl)c(F)cn4)ccc3C2=O)C(=O)N1. The fourth-order valence-electron chi connectivity index (χ4n) is 3.47. The minimum Gasteiger partial charge on any atom is -0.322 e. The van der Waals surface area contributed by atoms with Crippen LogP contribution in [0.1, 0.15) is 34.3 Å². The summed E-state index contributed by atoms with van der Waals surface area (Å²) in [5.41, 5.74) is 2.92. The molecule has 9 heteroatoms. The zero-order valence-corrected chi connectivity index (χ0v) is 16.1. The summed E-state index contributed by atoms with van der Waals surface area (Å²) in [5.74, 6) is -1.43. The average molecular weight is 424 g/mol. The Morgan fingerprint density at radius 1 is 1.25 bits per heavy atom. The molecule has 146 valence electrons. The van der Waals surface area contributed by atoms with E-state index in [9.17, 15) is 18.8 Å². The summed E-state index contributed by atoms with van der Waals surface area (Å²) in [4.78, 5) is 41.7. The monoisotopic (exact) mass is 423 g/mol. The van der Waals surface area contributed by atoms with Gasteiger partial charge in [-0.25, -0.2) is 4.39 Å². The van der Waals surface area contributed by atoms with Crippen molar-refractivity contribution in [3.8, 4) is 11.3 Å². The van der Waals surface area contributed by atoms with Crippen molar-refractivity contribution in [2.24, 2.45) is 0 Å². The lowest BCUT2D eigenvalue weighted by Crippen LogP contribution is -2.52. The summed E-state index contributed by atoms with van der Waals surface area (Å²) in [5, 5.41) is 2.28. The lowest BCUT2D eigenvalue weighted by molar-refractivity contribution is -0.136. The van der Waals surface area contributed by atoms with Gasteiger partial charge in [0.05, 0.1) is 17.8 Å². The topological polar surface area (TPSA) is 79.4 Å². The van der Waals surface area contributed by atoms with Crippen molar-refractivity contribution in [3.63, 3.8) is 0 Å². The third-order valence-electron chi connectivity index (χ3n) is 4.90. The molecule has 0 radical (unpaired) electrons. The zero-order chi connectivity index (χ0) is 19.1. The van der Waals surface area contributed by atoms with Crippen molar-refractivity contribution in [1.82, 2.24) is 15.2 Å². The lowest BCUT2D eigenvalue weighted by atomic mass is 10.0. The van der Waals surface area contributed by atoms with E-state index in [0.29, 0.717) is 23.2 Å². The Kier molecular flexibility index (Phi) is 5.67. The quantitative estimate of drug-likeness (QED) is 0.607. The molecule has 3 heterocycles. The van der Waals surface area contributed by atoms with Crippen LogP contribution in [-0.4, -0.2) is 33.6 Å². The molecule has 2 aromatic rings. The van der Waals surface area contributed by atoms with Crippen LogP contribution in [0.15, 0.2) is 30.5 Å². The number of aromatic nitrogens is 1. The summed E-state index contributed by atoms with van der Waals surface area (Å²) in [6, 6.07) is 6.17. The molecule has 1 atom stereocenters. The molecule has 0 spiro atoms. The Balaban J connectivity index is 0.00000225. The fraction of sp³-hybridized carbons (Fsp3) is 0.263. The van der Waals surface area contributed by atoms with E-state index < -0.39 is 17.8 Å². The van der Waals surface area contributed by atoms with Crippen LogP contribution in [0, 0.1) is 5.82 Å². The van der Waals surface area contributed by atoms with Crippen molar-refractivity contribution in [1.29, 1.82) is 0 Å². The second-order valence-electron chi connectivity index (χ2n) is 6.57. The molecule has 1 saturated heterocycles. The summed E-state index contributed by atoms with van der Waals surface area (Å²) in [7, 11) is 0. The Hall–Kier alpha value is -2.51. The first-order chi connectivity index (χ1) is 13.0. The molecule has 0 bridgehead atoms. The van der Waals surface area contributed by atoms with E-state index in [2.05, 4.69) is 10.3 Å². The molecule has 1 aromatic carbocycles. The predicted octanol–water partition coefficient (Wildman–Crippen LogP) is 2.81. The van der Waals surface area contributed by atoms with Crippen LogP contribution in [0.25, 0.3) is 11.3 Å². The van der Waals surface area contributed by atoms with E-state index in [0.717, 1.165) is 17.3 Å². The number of nitrogens with one attached hydrogen (secondary N) is 1. The van der Waals surface area contributed by atoms with Crippen LogP contribution in [0.3, 0.4) is 0 Å². The molecule has 28 heavy (non-hydrogen) atoms. The number of piperidine rings is 1. The maximum atomic E-state index is 13.6. The molecule has 0 aliphatic carbocycles. The van der Waals surface area contributed by atoms with E-state index in [1.807, 2.05) is 6.07 Å². The highest BCUT2D eigenvalue weighted by Gasteiger charge is 2.39. The second-order valence-corrected chi connectivity index (χ2v) is 6.83. The van der Waals surface area contributed by atoms with Gasteiger partial charge in [-0.1, -0.05) is 6.07 Å². The van der Waals surface area contributed by atoms with Gasteiger partial charge in [0.25, 0.3) is 5.91 Å². The highest BCUT2D eigenvalue weighted by molar-refractivity contribution is 6.17. The van der Waals surface area contributed by atoms with E-state index in [1.54, 1.807) is 18.2 Å². The summed E-state index contributed by atoms with van der Waals surface area (Å²) < 4.78 is 13.6. The fourth-order valence-corrected chi connectivity index (χ4v) is 3.68. The van der Waals surface area contributed by atoms with Crippen molar-refractivity contribution in [2.45, 2.75) is 31.3 Å². The lowest BCUT2D eigenvalue weighted by Gasteiger charge is -2.29. The van der Waals surface area contributed by atoms with E-state index in [-0.39, 0.29) is 43.1 Å². The summed E-state index contributed by atoms with van der Waals surface area (Å²) in [6.07, 6.45) is 1.65. The molecule has 3 amide bonds. The third kappa shape index (κ3) is 3.47. The van der Waals surface area contributed by atoms with Gasteiger partial charge >= 0.3 is 0 Å². The van der Waals surface area contributed by atoms with Gasteiger partial charge in [0.1, 0.15) is 11.9 Å². The van der Waals surface area contributed by atoms with Crippen LogP contribution >= 0.6 is 24.0 Å². The van der Waals surface area contributed by atoms with Crippen molar-refractivity contribution in [2.75, 3.05) is 0 Å². The molecular weight excluding hydrogens is 408 g/mol. The predicted molar refractivity (Wildman–Crippen MR) is 102 cm³/mol. The first-order valence-corrected chi connectivity index (χ1v) is 8.99.